The number of alkyl carbamates (subject to hydrolysis) is 2. The van der Waals surface area contributed by atoms with Crippen LogP contribution in [-0.2, 0) is 28.7 Å². The monoisotopic (exact) mass is 900 g/mol. The molecule has 4 N–H and O–H groups in total. The van der Waals surface area contributed by atoms with E-state index < -0.39 is 36.4 Å². The summed E-state index contributed by atoms with van der Waals surface area (Å²) in [7, 11) is 2.53. The van der Waals surface area contributed by atoms with Gasteiger partial charge in [-0.25, -0.2) is 9.59 Å². The van der Waals surface area contributed by atoms with Gasteiger partial charge in [-0.3, -0.25) is 19.2 Å². The number of hydrogen-bond acceptors (Lipinski definition) is 8. The van der Waals surface area contributed by atoms with E-state index in [9.17, 15) is 28.8 Å². The molecule has 350 valence electrons. The molecule has 14 heteroatoms. The maximum Gasteiger partial charge on any atom is 0.407 e. The number of likely N-dealkylation sites (tertiary alicyclic amines) is 2. The zero-order valence-electron chi connectivity index (χ0n) is 39.0. The molecule has 2 aliphatic heterocycles. The van der Waals surface area contributed by atoms with Crippen molar-refractivity contribution in [2.45, 2.75) is 140 Å². The van der Waals surface area contributed by atoms with Crippen LogP contribution < -0.4 is 21.3 Å². The summed E-state index contributed by atoms with van der Waals surface area (Å²) in [6.45, 7) is 8.34. The first-order valence-corrected chi connectivity index (χ1v) is 24.1. The molecular weight excluding hydrogens is 837 g/mol. The van der Waals surface area contributed by atoms with Gasteiger partial charge in [0, 0.05) is 24.5 Å². The summed E-state index contributed by atoms with van der Waals surface area (Å²) >= 11 is 0. The van der Waals surface area contributed by atoms with Gasteiger partial charge in [-0.05, 0) is 162 Å². The molecule has 2 saturated heterocycles. The standard InChI is InChI=1S/C52H64N6O8/c1-27(2)45(55-51(63)65-5)49(61)57-23-7-9-39(57)47(59)53-34-17-15-29(16-18-34)35-19-20-36(42-31-12-11-30(25-31)41(35)42)37-21-22-38(44-33-14-13-32(26-33)43(37)44)54-48(60)40-10-8-24-58(40)50(62)46(28(3)4)56-52(64)66-6/h15-22,27-28,30-33,39-40,45-46H,7-14,23-26H2,1-6H3,(H,53,59)(H,54,60)(H,55,63)(H,56,64)/t30?,31?,32?,33?,39-,40-,45-,46-/m0/s1. The van der Waals surface area contributed by atoms with Crippen molar-refractivity contribution in [2.24, 2.45) is 11.8 Å². The highest BCUT2D eigenvalue weighted by atomic mass is 16.5. The first kappa shape index (κ1) is 45.2. The third kappa shape index (κ3) is 8.18. The number of methoxy groups -OCH3 is 2. The van der Waals surface area contributed by atoms with Crippen LogP contribution in [0.5, 0.6) is 0 Å². The van der Waals surface area contributed by atoms with Crippen LogP contribution in [0.1, 0.15) is 138 Å². The van der Waals surface area contributed by atoms with Crippen LogP contribution in [0.25, 0.3) is 22.3 Å². The fraction of sp³-hybridized carbons (Fsp3) is 0.538. The fourth-order valence-electron chi connectivity index (χ4n) is 12.4. The van der Waals surface area contributed by atoms with Gasteiger partial charge in [0.2, 0.25) is 23.6 Å². The summed E-state index contributed by atoms with van der Waals surface area (Å²) in [5, 5.41) is 11.7. The first-order chi connectivity index (χ1) is 31.8. The number of rotatable bonds is 12. The number of fused-ring (bicyclic) bond motifs is 10. The topological polar surface area (TPSA) is 175 Å². The second kappa shape index (κ2) is 18.4. The average molecular weight is 901 g/mol. The van der Waals surface area contributed by atoms with Crippen LogP contribution in [0.2, 0.25) is 0 Å². The van der Waals surface area contributed by atoms with Crippen molar-refractivity contribution >= 4 is 47.2 Å². The number of carbonyl (C=O) groups is 6. The van der Waals surface area contributed by atoms with E-state index in [1.165, 1.54) is 59.6 Å². The maximum absolute atomic E-state index is 14.2. The number of nitrogens with one attached hydrogen (secondary N) is 4. The third-order valence-electron chi connectivity index (χ3n) is 15.5. The first-order valence-electron chi connectivity index (χ1n) is 24.1. The number of benzene rings is 3. The fourth-order valence-corrected chi connectivity index (χ4v) is 12.4. The lowest BCUT2D eigenvalue weighted by Gasteiger charge is -2.31. The molecule has 4 fully saturated rings. The minimum absolute atomic E-state index is 0.184. The molecule has 4 bridgehead atoms. The van der Waals surface area contributed by atoms with E-state index in [0.717, 1.165) is 43.4 Å². The van der Waals surface area contributed by atoms with Crippen molar-refractivity contribution < 1.29 is 38.2 Å². The summed E-state index contributed by atoms with van der Waals surface area (Å²) in [6, 6.07) is 14.1. The van der Waals surface area contributed by atoms with Crippen LogP contribution >= 0.6 is 0 Å². The Morgan fingerprint density at radius 2 is 0.955 bits per heavy atom. The number of anilines is 2. The van der Waals surface area contributed by atoms with Gasteiger partial charge in [-0.15, -0.1) is 0 Å². The minimum atomic E-state index is -0.798. The van der Waals surface area contributed by atoms with Gasteiger partial charge in [-0.2, -0.15) is 0 Å². The summed E-state index contributed by atoms with van der Waals surface area (Å²) in [5.41, 5.74) is 11.9. The van der Waals surface area contributed by atoms with E-state index in [4.69, 9.17) is 9.47 Å². The lowest BCUT2D eigenvalue weighted by molar-refractivity contribution is -0.139. The zero-order chi connectivity index (χ0) is 46.6. The Morgan fingerprint density at radius 3 is 1.44 bits per heavy atom. The Labute approximate surface area is 387 Å². The average Bonchev–Trinajstić information content (AvgIpc) is 4.19. The highest BCUT2D eigenvalue weighted by Gasteiger charge is 2.45. The van der Waals surface area contributed by atoms with Crippen LogP contribution in [0, 0.1) is 11.8 Å². The Hall–Kier alpha value is -5.92. The lowest BCUT2D eigenvalue weighted by atomic mass is 9.78. The molecule has 6 amide bonds. The zero-order valence-corrected chi connectivity index (χ0v) is 39.0. The van der Waals surface area contributed by atoms with Gasteiger partial charge < -0.3 is 40.5 Å². The molecular formula is C52H64N6O8. The van der Waals surface area contributed by atoms with Crippen LogP contribution in [-0.4, -0.2) is 97.1 Å². The molecule has 3 aromatic carbocycles. The normalized spacial score (nSPS) is 24.2. The van der Waals surface area contributed by atoms with Crippen LogP contribution in [0.15, 0.2) is 48.5 Å². The third-order valence-corrected chi connectivity index (χ3v) is 15.5. The van der Waals surface area contributed by atoms with Crippen molar-refractivity contribution in [3.05, 3.63) is 70.8 Å². The molecule has 4 aliphatic carbocycles. The van der Waals surface area contributed by atoms with Gasteiger partial charge in [0.25, 0.3) is 0 Å². The molecule has 0 aromatic heterocycles. The lowest BCUT2D eigenvalue weighted by Crippen LogP contribution is -2.54. The van der Waals surface area contributed by atoms with E-state index in [0.29, 0.717) is 68.1 Å². The molecule has 9 rings (SSSR count). The summed E-state index contributed by atoms with van der Waals surface area (Å²) in [4.78, 5) is 82.6. The summed E-state index contributed by atoms with van der Waals surface area (Å²) in [5.74, 6) is 0.401. The van der Waals surface area contributed by atoms with Gasteiger partial charge in [0.05, 0.1) is 14.2 Å². The highest BCUT2D eigenvalue weighted by Crippen LogP contribution is 2.62. The number of hydrogen-bond donors (Lipinski definition) is 4. The molecule has 6 aliphatic rings. The van der Waals surface area contributed by atoms with Crippen molar-refractivity contribution in [1.29, 1.82) is 0 Å². The van der Waals surface area contributed by atoms with Crippen LogP contribution in [0.3, 0.4) is 0 Å². The van der Waals surface area contributed by atoms with E-state index in [2.05, 4.69) is 57.7 Å². The maximum atomic E-state index is 14.2. The van der Waals surface area contributed by atoms with E-state index >= 15 is 0 Å². The number of amides is 6. The second-order valence-electron chi connectivity index (χ2n) is 20.0. The molecule has 8 atom stereocenters. The second-order valence-corrected chi connectivity index (χ2v) is 20.0. The SMILES string of the molecule is COC(=O)N[C@H](C(=O)N1CCC[C@H]1C(=O)Nc1ccc(-c2ccc(-c3ccc(NC(=O)[C@@H]4CCCN4C(=O)[C@@H](NC(=O)OC)C(C)C)c4c3C3CCC4C3)c3c2C2CCC3C2)cc1)C(C)C. The molecule has 4 unspecified atom stereocenters. The van der Waals surface area contributed by atoms with Gasteiger partial charge in [0.1, 0.15) is 24.2 Å². The highest BCUT2D eigenvalue weighted by molar-refractivity contribution is 6.01. The van der Waals surface area contributed by atoms with Crippen molar-refractivity contribution in [3.8, 4) is 22.3 Å². The summed E-state index contributed by atoms with van der Waals surface area (Å²) in [6.07, 6.45) is 7.93. The molecule has 0 spiro atoms. The van der Waals surface area contributed by atoms with Crippen LogP contribution in [0.4, 0.5) is 21.0 Å². The largest absolute Gasteiger partial charge is 0.453 e. The van der Waals surface area contributed by atoms with E-state index in [1.807, 2.05) is 39.8 Å². The molecule has 2 saturated carbocycles. The van der Waals surface area contributed by atoms with Gasteiger partial charge in [-0.1, -0.05) is 58.0 Å². The Kier molecular flexibility index (Phi) is 12.6. The van der Waals surface area contributed by atoms with Crippen molar-refractivity contribution in [2.75, 3.05) is 37.9 Å². The molecule has 66 heavy (non-hydrogen) atoms. The van der Waals surface area contributed by atoms with Gasteiger partial charge in [0.15, 0.2) is 0 Å². The van der Waals surface area contributed by atoms with E-state index in [1.54, 1.807) is 9.80 Å². The Bertz CT molecular complexity index is 2430. The quantitative estimate of drug-likeness (QED) is 0.140. The molecule has 0 radical (unpaired) electrons. The predicted octanol–water partition coefficient (Wildman–Crippen LogP) is 8.37. The van der Waals surface area contributed by atoms with Crippen molar-refractivity contribution in [1.82, 2.24) is 20.4 Å². The molecule has 2 heterocycles. The number of carbonyl (C=O) groups excluding carboxylic acids is 6. The predicted molar refractivity (Wildman–Crippen MR) is 251 cm³/mol. The van der Waals surface area contributed by atoms with Gasteiger partial charge >= 0.3 is 12.2 Å². The minimum Gasteiger partial charge on any atom is -0.453 e. The Balaban J connectivity index is 0.951. The molecule has 3 aromatic rings. The van der Waals surface area contributed by atoms with E-state index in [-0.39, 0.29) is 35.5 Å². The Morgan fingerprint density at radius 1 is 0.530 bits per heavy atom. The smallest absolute Gasteiger partial charge is 0.407 e. The number of nitrogens with zero attached hydrogens (tertiary/aromatic N) is 2. The van der Waals surface area contributed by atoms with Crippen molar-refractivity contribution in [3.63, 3.8) is 0 Å². The molecule has 14 nitrogen and oxygen atoms in total. The number of ether oxygens (including phenoxy) is 2. The summed E-state index contributed by atoms with van der Waals surface area (Å²) < 4.78 is 9.55.